The van der Waals surface area contributed by atoms with Crippen molar-refractivity contribution in [3.63, 3.8) is 0 Å². The monoisotopic (exact) mass is 314 g/mol. The molecule has 0 amide bonds. The normalized spacial score (nSPS) is 10.6. The van der Waals surface area contributed by atoms with Crippen molar-refractivity contribution in [3.05, 3.63) is 42.5 Å². The highest BCUT2D eigenvalue weighted by Gasteiger charge is 2.12. The van der Waals surface area contributed by atoms with Crippen molar-refractivity contribution < 1.29 is 9.47 Å². The summed E-state index contributed by atoms with van der Waals surface area (Å²) in [6.07, 6.45) is 0. The van der Waals surface area contributed by atoms with Crippen LogP contribution in [0, 0.1) is 0 Å². The van der Waals surface area contributed by atoms with Crippen molar-refractivity contribution >= 4 is 32.4 Å². The molecule has 0 saturated heterocycles. The Morgan fingerprint density at radius 1 is 1.05 bits per heavy atom. The lowest BCUT2D eigenvalue weighted by Gasteiger charge is -2.07. The van der Waals surface area contributed by atoms with Gasteiger partial charge in [0.25, 0.3) is 0 Å². The summed E-state index contributed by atoms with van der Waals surface area (Å²) in [5, 5.41) is 4.17. The van der Waals surface area contributed by atoms with Gasteiger partial charge in [-0.2, -0.15) is 0 Å². The lowest BCUT2D eigenvalue weighted by atomic mass is 10.3. The summed E-state index contributed by atoms with van der Waals surface area (Å²) < 4.78 is 12.4. The Bertz CT molecular complexity index is 756. The molecule has 1 aromatic heterocycles. The summed E-state index contributed by atoms with van der Waals surface area (Å²) in [6, 6.07) is 13.9. The van der Waals surface area contributed by atoms with Crippen LogP contribution in [0.4, 0.5) is 10.8 Å². The highest BCUT2D eigenvalue weighted by Crippen LogP contribution is 2.37. The van der Waals surface area contributed by atoms with Crippen LogP contribution < -0.4 is 14.8 Å². The van der Waals surface area contributed by atoms with Gasteiger partial charge in [-0.1, -0.05) is 29.5 Å². The van der Waals surface area contributed by atoms with Crippen molar-refractivity contribution in [1.29, 1.82) is 0 Å². The van der Waals surface area contributed by atoms with Gasteiger partial charge in [0.05, 0.1) is 17.9 Å². The fourth-order valence-corrected chi connectivity index (χ4v) is 3.12. The number of hydrogen-bond donors (Lipinski definition) is 1. The van der Waals surface area contributed by atoms with Gasteiger partial charge in [-0.25, -0.2) is 4.98 Å². The van der Waals surface area contributed by atoms with Crippen LogP contribution in [0.5, 0.6) is 11.5 Å². The Morgan fingerprint density at radius 3 is 2.55 bits per heavy atom. The van der Waals surface area contributed by atoms with E-state index in [1.54, 1.807) is 11.3 Å². The largest absolute Gasteiger partial charge is 0.494 e. The molecule has 0 radical (unpaired) electrons. The third-order valence-electron chi connectivity index (χ3n) is 3.07. The molecule has 1 N–H and O–H groups in total. The van der Waals surface area contributed by atoms with Crippen molar-refractivity contribution in [1.82, 2.24) is 4.98 Å². The minimum absolute atomic E-state index is 0.601. The van der Waals surface area contributed by atoms with E-state index in [0.717, 1.165) is 32.5 Å². The van der Waals surface area contributed by atoms with Crippen LogP contribution in [-0.2, 0) is 0 Å². The molecule has 0 fully saturated rings. The third kappa shape index (κ3) is 3.14. The summed E-state index contributed by atoms with van der Waals surface area (Å²) in [5.41, 5.74) is 1.89. The lowest BCUT2D eigenvalue weighted by molar-refractivity contribution is 0.326. The zero-order valence-electron chi connectivity index (χ0n) is 12.6. The van der Waals surface area contributed by atoms with Gasteiger partial charge in [0.2, 0.25) is 0 Å². The molecule has 0 aliphatic carbocycles. The predicted molar refractivity (Wildman–Crippen MR) is 91.7 cm³/mol. The Morgan fingerprint density at radius 2 is 1.82 bits per heavy atom. The van der Waals surface area contributed by atoms with E-state index in [1.165, 1.54) is 0 Å². The predicted octanol–water partition coefficient (Wildman–Crippen LogP) is 4.84. The molecule has 114 valence electrons. The first-order chi connectivity index (χ1) is 10.8. The van der Waals surface area contributed by atoms with Gasteiger partial charge >= 0.3 is 0 Å². The van der Waals surface area contributed by atoms with Crippen molar-refractivity contribution in [2.75, 3.05) is 18.5 Å². The number of hydrogen-bond acceptors (Lipinski definition) is 5. The number of benzene rings is 2. The third-order valence-corrected chi connectivity index (χ3v) is 3.99. The molecule has 22 heavy (non-hydrogen) atoms. The lowest BCUT2D eigenvalue weighted by Crippen LogP contribution is -1.95. The van der Waals surface area contributed by atoms with Crippen molar-refractivity contribution in [3.8, 4) is 11.5 Å². The van der Waals surface area contributed by atoms with Gasteiger partial charge in [-0.05, 0) is 32.0 Å². The summed E-state index contributed by atoms with van der Waals surface area (Å²) in [7, 11) is 0. The second-order valence-electron chi connectivity index (χ2n) is 4.64. The number of fused-ring (bicyclic) bond motifs is 1. The van der Waals surface area contributed by atoms with E-state index in [4.69, 9.17) is 9.47 Å². The summed E-state index contributed by atoms with van der Waals surface area (Å²) in [4.78, 5) is 4.65. The Kier molecular flexibility index (Phi) is 4.44. The molecule has 0 bridgehead atoms. The first kappa shape index (κ1) is 14.7. The molecule has 0 aliphatic heterocycles. The second-order valence-corrected chi connectivity index (χ2v) is 5.67. The smallest absolute Gasteiger partial charge is 0.188 e. The van der Waals surface area contributed by atoms with Crippen LogP contribution in [-0.4, -0.2) is 18.2 Å². The van der Waals surface area contributed by atoms with Gasteiger partial charge in [-0.15, -0.1) is 0 Å². The molecule has 0 aliphatic rings. The molecule has 0 saturated carbocycles. The zero-order valence-corrected chi connectivity index (χ0v) is 13.4. The van der Waals surface area contributed by atoms with E-state index in [1.807, 2.05) is 56.3 Å². The van der Waals surface area contributed by atoms with Gasteiger partial charge in [-0.3, -0.25) is 0 Å². The minimum atomic E-state index is 0.601. The highest BCUT2D eigenvalue weighted by atomic mass is 32.1. The van der Waals surface area contributed by atoms with E-state index < -0.39 is 0 Å². The molecular formula is C17H18N2O2S. The van der Waals surface area contributed by atoms with Gasteiger partial charge in [0, 0.05) is 11.8 Å². The fraction of sp³-hybridized carbons (Fsp3) is 0.235. The number of nitrogens with one attached hydrogen (secondary N) is 1. The molecule has 0 spiro atoms. The topological polar surface area (TPSA) is 43.4 Å². The van der Waals surface area contributed by atoms with Crippen LogP contribution >= 0.6 is 11.3 Å². The van der Waals surface area contributed by atoms with Crippen LogP contribution in [0.15, 0.2) is 42.5 Å². The van der Waals surface area contributed by atoms with Crippen LogP contribution in [0.25, 0.3) is 10.2 Å². The summed E-state index contributed by atoms with van der Waals surface area (Å²) in [5.74, 6) is 1.58. The molecule has 4 nitrogen and oxygen atoms in total. The Hall–Kier alpha value is -2.27. The van der Waals surface area contributed by atoms with Gasteiger partial charge in [0.1, 0.15) is 17.0 Å². The van der Waals surface area contributed by atoms with Crippen LogP contribution in [0.1, 0.15) is 13.8 Å². The Labute approximate surface area is 133 Å². The highest BCUT2D eigenvalue weighted by molar-refractivity contribution is 7.22. The fourth-order valence-electron chi connectivity index (χ4n) is 2.19. The van der Waals surface area contributed by atoms with Gasteiger partial charge in [0.15, 0.2) is 5.13 Å². The zero-order chi connectivity index (χ0) is 15.4. The molecule has 0 atom stereocenters. The maximum atomic E-state index is 5.71. The van der Waals surface area contributed by atoms with E-state index in [2.05, 4.69) is 10.3 Å². The molecule has 1 heterocycles. The number of anilines is 2. The van der Waals surface area contributed by atoms with Gasteiger partial charge < -0.3 is 14.8 Å². The van der Waals surface area contributed by atoms with Crippen molar-refractivity contribution in [2.45, 2.75) is 13.8 Å². The molecular weight excluding hydrogens is 296 g/mol. The number of ether oxygens (including phenoxy) is 2. The second kappa shape index (κ2) is 6.66. The minimum Gasteiger partial charge on any atom is -0.494 e. The average molecular weight is 314 g/mol. The standard InChI is InChI=1S/C17H18N2O2S/c1-3-20-13-10-14(21-4-2)16-15(11-13)22-17(19-16)18-12-8-6-5-7-9-12/h5-11H,3-4H2,1-2H3,(H,18,19). The first-order valence-electron chi connectivity index (χ1n) is 7.32. The summed E-state index contributed by atoms with van der Waals surface area (Å²) >= 11 is 1.59. The number of thiazole rings is 1. The summed E-state index contributed by atoms with van der Waals surface area (Å²) in [6.45, 7) is 5.17. The van der Waals surface area contributed by atoms with Crippen molar-refractivity contribution in [2.24, 2.45) is 0 Å². The molecule has 5 heteroatoms. The van der Waals surface area contributed by atoms with E-state index in [0.29, 0.717) is 13.2 Å². The average Bonchev–Trinajstić information content (AvgIpc) is 2.91. The molecule has 2 aromatic carbocycles. The number of nitrogens with zero attached hydrogens (tertiary/aromatic N) is 1. The number of para-hydroxylation sites is 1. The number of rotatable bonds is 6. The maximum Gasteiger partial charge on any atom is 0.188 e. The van der Waals surface area contributed by atoms with E-state index in [9.17, 15) is 0 Å². The van der Waals surface area contributed by atoms with Crippen LogP contribution in [0.3, 0.4) is 0 Å². The molecule has 0 unspecified atom stereocenters. The Balaban J connectivity index is 1.98. The number of aromatic nitrogens is 1. The molecule has 3 aromatic rings. The van der Waals surface area contributed by atoms with E-state index >= 15 is 0 Å². The SMILES string of the molecule is CCOc1cc(OCC)c2nc(Nc3ccccc3)sc2c1. The van der Waals surface area contributed by atoms with E-state index in [-0.39, 0.29) is 0 Å². The quantitative estimate of drug-likeness (QED) is 0.707. The first-order valence-corrected chi connectivity index (χ1v) is 8.14. The molecule has 3 rings (SSSR count). The van der Waals surface area contributed by atoms with Crippen LogP contribution in [0.2, 0.25) is 0 Å². The maximum absolute atomic E-state index is 5.71.